The zero-order valence-corrected chi connectivity index (χ0v) is 14.2. The number of aromatic nitrogens is 4. The van der Waals surface area contributed by atoms with Crippen LogP contribution in [-0.4, -0.2) is 44.8 Å². The first-order valence-corrected chi connectivity index (χ1v) is 8.41. The summed E-state index contributed by atoms with van der Waals surface area (Å²) >= 11 is 0. The Bertz CT molecular complexity index is 733. The van der Waals surface area contributed by atoms with Gasteiger partial charge in [-0.15, -0.1) is 0 Å². The molecule has 6 nitrogen and oxygen atoms in total. The molecule has 3 rings (SSSR count). The lowest BCUT2D eigenvalue weighted by molar-refractivity contribution is 0.248. The summed E-state index contributed by atoms with van der Waals surface area (Å²) in [5.74, 6) is 0.973. The van der Waals surface area contributed by atoms with Gasteiger partial charge in [-0.25, -0.2) is 4.98 Å². The third kappa shape index (κ3) is 3.37. The van der Waals surface area contributed by atoms with E-state index < -0.39 is 0 Å². The fraction of sp³-hybridized carbons (Fsp3) is 0.588. The highest BCUT2D eigenvalue weighted by atomic mass is 16.1. The molecule has 0 saturated carbocycles. The maximum atomic E-state index is 12.1. The molecule has 1 unspecified atom stereocenters. The topological polar surface area (TPSA) is 66.8 Å². The maximum Gasteiger partial charge on any atom is 0.251 e. The smallest absolute Gasteiger partial charge is 0.251 e. The Morgan fingerprint density at radius 3 is 3.00 bits per heavy atom. The minimum Gasteiger partial charge on any atom is -0.306 e. The van der Waals surface area contributed by atoms with E-state index in [9.17, 15) is 4.79 Å². The molecule has 6 heteroatoms. The first-order valence-electron chi connectivity index (χ1n) is 8.41. The third-order valence-electron chi connectivity index (χ3n) is 4.60. The molecular formula is C17H25N5O. The average molecular weight is 315 g/mol. The summed E-state index contributed by atoms with van der Waals surface area (Å²) in [6.45, 7) is 7.11. The zero-order valence-electron chi connectivity index (χ0n) is 14.2. The second kappa shape index (κ2) is 6.66. The molecular weight excluding hydrogens is 290 g/mol. The summed E-state index contributed by atoms with van der Waals surface area (Å²) in [7, 11) is 2.12. The van der Waals surface area contributed by atoms with Gasteiger partial charge >= 0.3 is 0 Å². The number of likely N-dealkylation sites (N-methyl/N-ethyl adjacent to an activating group) is 1. The first-order chi connectivity index (χ1) is 11.1. The largest absolute Gasteiger partial charge is 0.306 e. The summed E-state index contributed by atoms with van der Waals surface area (Å²) in [4.78, 5) is 22.1. The van der Waals surface area contributed by atoms with Gasteiger partial charge in [0, 0.05) is 30.8 Å². The van der Waals surface area contributed by atoms with Gasteiger partial charge in [-0.3, -0.25) is 9.48 Å². The van der Waals surface area contributed by atoms with Gasteiger partial charge in [0.25, 0.3) is 5.56 Å². The molecule has 0 spiro atoms. The van der Waals surface area contributed by atoms with Gasteiger partial charge < -0.3 is 9.88 Å². The number of hydrogen-bond acceptors (Lipinski definition) is 4. The van der Waals surface area contributed by atoms with Crippen LogP contribution in [0.4, 0.5) is 0 Å². The van der Waals surface area contributed by atoms with Gasteiger partial charge in [-0.2, -0.15) is 5.10 Å². The number of nitrogens with zero attached hydrogens (tertiary/aromatic N) is 4. The monoisotopic (exact) mass is 315 g/mol. The lowest BCUT2D eigenvalue weighted by Crippen LogP contribution is -2.31. The number of rotatable bonds is 4. The van der Waals surface area contributed by atoms with Crippen molar-refractivity contribution in [3.8, 4) is 11.4 Å². The highest BCUT2D eigenvalue weighted by Crippen LogP contribution is 2.26. The molecule has 1 saturated heterocycles. The van der Waals surface area contributed by atoms with Gasteiger partial charge in [0.1, 0.15) is 5.82 Å². The Morgan fingerprint density at radius 1 is 1.43 bits per heavy atom. The quantitative estimate of drug-likeness (QED) is 0.939. The Morgan fingerprint density at radius 2 is 2.26 bits per heavy atom. The van der Waals surface area contributed by atoms with Crippen LogP contribution in [0.1, 0.15) is 43.5 Å². The Hall–Kier alpha value is -1.95. The lowest BCUT2D eigenvalue weighted by atomic mass is 9.95. The standard InChI is InChI=1S/C17H25N5O/c1-4-7-22-12(2)14(10-18-22)17-19-15(9-16(23)20-17)13-6-5-8-21(3)11-13/h9-10,13H,4-8,11H2,1-3H3,(H,19,20,23). The molecule has 1 atom stereocenters. The van der Waals surface area contributed by atoms with Crippen LogP contribution in [0.3, 0.4) is 0 Å². The van der Waals surface area contributed by atoms with Crippen LogP contribution in [0.2, 0.25) is 0 Å². The second-order valence-electron chi connectivity index (χ2n) is 6.49. The highest BCUT2D eigenvalue weighted by molar-refractivity contribution is 5.56. The molecule has 1 fully saturated rings. The summed E-state index contributed by atoms with van der Waals surface area (Å²) in [6.07, 6.45) is 5.08. The summed E-state index contributed by atoms with van der Waals surface area (Å²) in [6, 6.07) is 1.65. The molecule has 0 aliphatic carbocycles. The van der Waals surface area contributed by atoms with Crippen molar-refractivity contribution >= 4 is 0 Å². The number of nitrogens with one attached hydrogen (secondary N) is 1. The minimum absolute atomic E-state index is 0.0825. The fourth-order valence-corrected chi connectivity index (χ4v) is 3.34. The van der Waals surface area contributed by atoms with Crippen molar-refractivity contribution in [1.29, 1.82) is 0 Å². The van der Waals surface area contributed by atoms with Crippen molar-refractivity contribution in [2.45, 2.75) is 45.6 Å². The fourth-order valence-electron chi connectivity index (χ4n) is 3.34. The van der Waals surface area contributed by atoms with Crippen LogP contribution in [0.5, 0.6) is 0 Å². The second-order valence-corrected chi connectivity index (χ2v) is 6.49. The molecule has 0 amide bonds. The van der Waals surface area contributed by atoms with Gasteiger partial charge in [0.2, 0.25) is 0 Å². The molecule has 2 aromatic rings. The number of H-pyrrole nitrogens is 1. The van der Waals surface area contributed by atoms with Crippen molar-refractivity contribution < 1.29 is 0 Å². The van der Waals surface area contributed by atoms with Crippen molar-refractivity contribution in [3.05, 3.63) is 34.0 Å². The Balaban J connectivity index is 1.96. The van der Waals surface area contributed by atoms with Crippen LogP contribution < -0.4 is 5.56 Å². The zero-order chi connectivity index (χ0) is 16.4. The normalized spacial score (nSPS) is 19.2. The molecule has 1 aliphatic rings. The van der Waals surface area contributed by atoms with Crippen LogP contribution in [0, 0.1) is 6.92 Å². The molecule has 3 heterocycles. The average Bonchev–Trinajstić information content (AvgIpc) is 2.88. The van der Waals surface area contributed by atoms with E-state index in [4.69, 9.17) is 4.98 Å². The summed E-state index contributed by atoms with van der Waals surface area (Å²) < 4.78 is 1.97. The van der Waals surface area contributed by atoms with Gasteiger partial charge in [-0.05, 0) is 39.8 Å². The predicted molar refractivity (Wildman–Crippen MR) is 90.6 cm³/mol. The van der Waals surface area contributed by atoms with E-state index >= 15 is 0 Å². The molecule has 0 bridgehead atoms. The molecule has 1 N–H and O–H groups in total. The van der Waals surface area contributed by atoms with E-state index in [2.05, 4.69) is 29.0 Å². The van der Waals surface area contributed by atoms with Crippen molar-refractivity contribution in [1.82, 2.24) is 24.6 Å². The van der Waals surface area contributed by atoms with Crippen LogP contribution in [0.25, 0.3) is 11.4 Å². The van der Waals surface area contributed by atoms with Crippen molar-refractivity contribution in [2.24, 2.45) is 0 Å². The highest BCUT2D eigenvalue weighted by Gasteiger charge is 2.22. The van der Waals surface area contributed by atoms with Gasteiger partial charge in [0.15, 0.2) is 0 Å². The third-order valence-corrected chi connectivity index (χ3v) is 4.60. The van der Waals surface area contributed by atoms with Crippen molar-refractivity contribution in [3.63, 3.8) is 0 Å². The summed E-state index contributed by atoms with van der Waals surface area (Å²) in [5, 5.41) is 4.41. The van der Waals surface area contributed by atoms with Gasteiger partial charge in [0.05, 0.1) is 17.5 Å². The van der Waals surface area contributed by atoms with E-state index in [1.165, 1.54) is 0 Å². The maximum absolute atomic E-state index is 12.1. The Kier molecular flexibility index (Phi) is 4.61. The van der Waals surface area contributed by atoms with Crippen LogP contribution >= 0.6 is 0 Å². The first kappa shape index (κ1) is 15.9. The molecule has 0 radical (unpaired) electrons. The molecule has 124 valence electrons. The van der Waals surface area contributed by atoms with E-state index in [0.717, 1.165) is 55.8 Å². The Labute approximate surface area is 136 Å². The number of hydrogen-bond donors (Lipinski definition) is 1. The summed E-state index contributed by atoms with van der Waals surface area (Å²) in [5.41, 5.74) is 2.79. The van der Waals surface area contributed by atoms with E-state index in [-0.39, 0.29) is 5.56 Å². The number of aryl methyl sites for hydroxylation is 1. The molecule has 2 aromatic heterocycles. The van der Waals surface area contributed by atoms with Crippen LogP contribution in [-0.2, 0) is 6.54 Å². The van der Waals surface area contributed by atoms with Crippen LogP contribution in [0.15, 0.2) is 17.1 Å². The number of aromatic amines is 1. The van der Waals surface area contributed by atoms with Crippen molar-refractivity contribution in [2.75, 3.05) is 20.1 Å². The number of piperidine rings is 1. The molecule has 23 heavy (non-hydrogen) atoms. The molecule has 1 aliphatic heterocycles. The molecule has 0 aromatic carbocycles. The van der Waals surface area contributed by atoms with E-state index in [1.54, 1.807) is 12.3 Å². The lowest BCUT2D eigenvalue weighted by Gasteiger charge is -2.29. The van der Waals surface area contributed by atoms with E-state index in [1.807, 2.05) is 11.6 Å². The number of likely N-dealkylation sites (tertiary alicyclic amines) is 1. The predicted octanol–water partition coefficient (Wildman–Crippen LogP) is 2.16. The SMILES string of the molecule is CCCn1ncc(-c2nc(C3CCCN(C)C3)cc(=O)[nH]2)c1C. The van der Waals surface area contributed by atoms with Gasteiger partial charge in [-0.1, -0.05) is 6.92 Å². The van der Waals surface area contributed by atoms with E-state index in [0.29, 0.717) is 11.7 Å². The minimum atomic E-state index is -0.0825.